The molecule has 2 aliphatic rings. The van der Waals surface area contributed by atoms with Crippen molar-refractivity contribution in [3.05, 3.63) is 33.9 Å². The average molecular weight is 419 g/mol. The van der Waals surface area contributed by atoms with Crippen LogP contribution < -0.4 is 4.90 Å². The second-order valence-corrected chi connectivity index (χ2v) is 8.26. The summed E-state index contributed by atoms with van der Waals surface area (Å²) in [6.45, 7) is 7.96. The fourth-order valence-electron chi connectivity index (χ4n) is 4.00. The number of nitrogens with zero attached hydrogens (tertiary/aromatic N) is 3. The maximum Gasteiger partial charge on any atom is 0.341 e. The molecule has 9 heteroatoms. The molecule has 0 radical (unpaired) electrons. The van der Waals surface area contributed by atoms with Crippen LogP contribution >= 0.6 is 0 Å². The number of rotatable bonds is 5. The molecular weight excluding hydrogens is 390 g/mol. The zero-order chi connectivity index (χ0) is 21.8. The van der Waals surface area contributed by atoms with E-state index in [-0.39, 0.29) is 29.4 Å². The van der Waals surface area contributed by atoms with Crippen LogP contribution in [0.2, 0.25) is 0 Å². The lowest BCUT2D eigenvalue weighted by molar-refractivity contribution is -0.384. The Balaban J connectivity index is 1.72. The summed E-state index contributed by atoms with van der Waals surface area (Å²) in [6, 6.07) is 4.22. The Kier molecular flexibility index (Phi) is 6.91. The van der Waals surface area contributed by atoms with E-state index in [1.54, 1.807) is 11.0 Å². The van der Waals surface area contributed by atoms with E-state index in [1.807, 2.05) is 18.7 Å². The highest BCUT2D eigenvalue weighted by Crippen LogP contribution is 2.30. The van der Waals surface area contributed by atoms with Crippen molar-refractivity contribution in [2.45, 2.75) is 45.8 Å². The number of morpholine rings is 1. The van der Waals surface area contributed by atoms with Crippen molar-refractivity contribution in [2.24, 2.45) is 5.92 Å². The minimum Gasteiger partial charge on any atom is -0.452 e. The number of carbonyl (C=O) groups is 2. The average Bonchev–Trinajstić information content (AvgIpc) is 2.71. The van der Waals surface area contributed by atoms with Crippen molar-refractivity contribution in [1.29, 1.82) is 0 Å². The monoisotopic (exact) mass is 419 g/mol. The van der Waals surface area contributed by atoms with E-state index in [4.69, 9.17) is 9.47 Å². The Hall–Kier alpha value is -2.68. The highest BCUT2D eigenvalue weighted by molar-refractivity contribution is 5.97. The molecule has 0 spiro atoms. The molecule has 0 bridgehead atoms. The molecule has 2 saturated heterocycles. The van der Waals surface area contributed by atoms with Crippen molar-refractivity contribution >= 4 is 23.3 Å². The van der Waals surface area contributed by atoms with Crippen LogP contribution in [0.5, 0.6) is 0 Å². The molecule has 1 aromatic rings. The quantitative estimate of drug-likeness (QED) is 0.411. The van der Waals surface area contributed by atoms with Gasteiger partial charge in [-0.05, 0) is 38.7 Å². The number of nitro benzene ring substituents is 1. The van der Waals surface area contributed by atoms with Gasteiger partial charge in [-0.3, -0.25) is 14.9 Å². The summed E-state index contributed by atoms with van der Waals surface area (Å²) in [4.78, 5) is 39.6. The molecule has 0 N–H and O–H groups in total. The van der Waals surface area contributed by atoms with Crippen molar-refractivity contribution in [3.8, 4) is 0 Å². The standard InChI is InChI=1S/C21H29N3O6/c1-14-6-8-22(9-7-14)19-5-4-17(24(27)28)10-18(19)21(26)29-13-20(25)23-11-15(2)30-16(3)12-23/h4-5,10,14-16H,6-9,11-13H2,1-3H3/t15-,16+. The van der Waals surface area contributed by atoms with Crippen LogP contribution in [0.15, 0.2) is 18.2 Å². The molecule has 2 fully saturated rings. The van der Waals surface area contributed by atoms with Gasteiger partial charge in [-0.1, -0.05) is 6.92 Å². The molecule has 9 nitrogen and oxygen atoms in total. The van der Waals surface area contributed by atoms with E-state index >= 15 is 0 Å². The first-order chi connectivity index (χ1) is 14.2. The molecule has 2 atom stereocenters. The minimum atomic E-state index is -0.727. The molecule has 30 heavy (non-hydrogen) atoms. The van der Waals surface area contributed by atoms with Gasteiger partial charge in [0, 0.05) is 38.3 Å². The Bertz CT molecular complexity index is 796. The number of benzene rings is 1. The summed E-state index contributed by atoms with van der Waals surface area (Å²) in [5.74, 6) is -0.426. The van der Waals surface area contributed by atoms with Gasteiger partial charge in [-0.2, -0.15) is 0 Å². The predicted octanol–water partition coefficient (Wildman–Crippen LogP) is 2.62. The van der Waals surface area contributed by atoms with Crippen molar-refractivity contribution in [3.63, 3.8) is 0 Å². The largest absolute Gasteiger partial charge is 0.452 e. The van der Waals surface area contributed by atoms with E-state index in [0.29, 0.717) is 24.7 Å². The van der Waals surface area contributed by atoms with Gasteiger partial charge >= 0.3 is 5.97 Å². The number of anilines is 1. The van der Waals surface area contributed by atoms with E-state index in [1.165, 1.54) is 12.1 Å². The third kappa shape index (κ3) is 5.27. The topological polar surface area (TPSA) is 102 Å². The van der Waals surface area contributed by atoms with Crippen molar-refractivity contribution in [2.75, 3.05) is 37.7 Å². The number of ether oxygens (including phenoxy) is 2. The first kappa shape index (κ1) is 22.0. The van der Waals surface area contributed by atoms with Crippen LogP contribution in [0.4, 0.5) is 11.4 Å². The summed E-state index contributed by atoms with van der Waals surface area (Å²) < 4.78 is 10.9. The van der Waals surface area contributed by atoms with Gasteiger partial charge in [-0.15, -0.1) is 0 Å². The summed E-state index contributed by atoms with van der Waals surface area (Å²) in [6.07, 6.45) is 1.80. The van der Waals surface area contributed by atoms with Crippen LogP contribution in [0.1, 0.15) is 44.0 Å². The van der Waals surface area contributed by atoms with Gasteiger partial charge < -0.3 is 19.3 Å². The Labute approximate surface area is 176 Å². The molecule has 2 heterocycles. The number of nitro groups is 1. The lowest BCUT2D eigenvalue weighted by Gasteiger charge is -2.35. The smallest absolute Gasteiger partial charge is 0.341 e. The highest BCUT2D eigenvalue weighted by Gasteiger charge is 2.28. The van der Waals surface area contributed by atoms with Gasteiger partial charge in [0.15, 0.2) is 6.61 Å². The second kappa shape index (κ2) is 9.42. The zero-order valence-electron chi connectivity index (χ0n) is 17.7. The van der Waals surface area contributed by atoms with Gasteiger partial charge in [0.1, 0.15) is 0 Å². The van der Waals surface area contributed by atoms with Crippen LogP contribution in [-0.4, -0.2) is 66.7 Å². The van der Waals surface area contributed by atoms with Gasteiger partial charge in [-0.25, -0.2) is 4.79 Å². The normalized spacial score (nSPS) is 22.6. The van der Waals surface area contributed by atoms with Gasteiger partial charge in [0.05, 0.1) is 28.4 Å². The lowest BCUT2D eigenvalue weighted by Crippen LogP contribution is -2.49. The first-order valence-electron chi connectivity index (χ1n) is 10.4. The first-order valence-corrected chi connectivity index (χ1v) is 10.4. The van der Waals surface area contributed by atoms with Gasteiger partial charge in [0.25, 0.3) is 11.6 Å². The van der Waals surface area contributed by atoms with E-state index in [2.05, 4.69) is 6.92 Å². The summed E-state index contributed by atoms with van der Waals surface area (Å²) >= 11 is 0. The Morgan fingerprint density at radius 3 is 2.40 bits per heavy atom. The molecule has 0 unspecified atom stereocenters. The lowest BCUT2D eigenvalue weighted by atomic mass is 9.98. The Morgan fingerprint density at radius 2 is 1.80 bits per heavy atom. The van der Waals surface area contributed by atoms with Crippen LogP contribution in [0.25, 0.3) is 0 Å². The molecule has 1 amide bonds. The van der Waals surface area contributed by atoms with E-state index < -0.39 is 17.5 Å². The zero-order valence-corrected chi connectivity index (χ0v) is 17.7. The molecule has 0 aliphatic carbocycles. The SMILES string of the molecule is CC1CCN(c2ccc([N+](=O)[O-])cc2C(=O)OCC(=O)N2C[C@@H](C)O[C@@H](C)C2)CC1. The molecule has 0 saturated carbocycles. The number of esters is 1. The predicted molar refractivity (Wildman–Crippen MR) is 111 cm³/mol. The third-order valence-corrected chi connectivity index (χ3v) is 5.63. The number of hydrogen-bond acceptors (Lipinski definition) is 7. The highest BCUT2D eigenvalue weighted by atomic mass is 16.6. The maximum absolute atomic E-state index is 12.8. The summed E-state index contributed by atoms with van der Waals surface area (Å²) in [5.41, 5.74) is 0.548. The minimum absolute atomic E-state index is 0.0849. The molecule has 2 aliphatic heterocycles. The number of piperidine rings is 1. The molecule has 1 aromatic carbocycles. The van der Waals surface area contributed by atoms with E-state index in [0.717, 1.165) is 25.9 Å². The summed E-state index contributed by atoms with van der Waals surface area (Å²) in [7, 11) is 0. The molecular formula is C21H29N3O6. The van der Waals surface area contributed by atoms with Crippen molar-refractivity contribution < 1.29 is 24.0 Å². The summed E-state index contributed by atoms with van der Waals surface area (Å²) in [5, 5.41) is 11.2. The van der Waals surface area contributed by atoms with E-state index in [9.17, 15) is 19.7 Å². The fourth-order valence-corrected chi connectivity index (χ4v) is 4.00. The van der Waals surface area contributed by atoms with Gasteiger partial charge in [0.2, 0.25) is 0 Å². The number of amides is 1. The number of non-ortho nitro benzene ring substituents is 1. The van der Waals surface area contributed by atoms with Crippen molar-refractivity contribution in [1.82, 2.24) is 4.90 Å². The molecule has 0 aromatic heterocycles. The Morgan fingerprint density at radius 1 is 1.17 bits per heavy atom. The fraction of sp³-hybridized carbons (Fsp3) is 0.619. The van der Waals surface area contributed by atoms with Crippen LogP contribution in [0.3, 0.4) is 0 Å². The number of carbonyl (C=O) groups excluding carboxylic acids is 2. The second-order valence-electron chi connectivity index (χ2n) is 8.26. The number of hydrogen-bond donors (Lipinski definition) is 0. The molecule has 3 rings (SSSR count). The third-order valence-electron chi connectivity index (χ3n) is 5.63. The maximum atomic E-state index is 12.8. The van der Waals surface area contributed by atoms with Crippen LogP contribution in [0, 0.1) is 16.0 Å². The van der Waals surface area contributed by atoms with Crippen LogP contribution in [-0.2, 0) is 14.3 Å². The molecule has 164 valence electrons.